The number of anilines is 1. The van der Waals surface area contributed by atoms with Crippen LogP contribution in [0.5, 0.6) is 0 Å². The van der Waals surface area contributed by atoms with Crippen molar-refractivity contribution in [1.82, 2.24) is 24.7 Å². The molecule has 0 saturated carbocycles. The topological polar surface area (TPSA) is 90.0 Å². The maximum absolute atomic E-state index is 12.7. The van der Waals surface area contributed by atoms with Crippen molar-refractivity contribution in [2.24, 2.45) is 0 Å². The van der Waals surface area contributed by atoms with Crippen LogP contribution in [-0.2, 0) is 20.9 Å². The minimum atomic E-state index is -0.609. The average Bonchev–Trinajstić information content (AvgIpc) is 2.80. The van der Waals surface area contributed by atoms with Crippen LogP contribution in [0, 0.1) is 0 Å². The van der Waals surface area contributed by atoms with Gasteiger partial charge in [-0.2, -0.15) is 0 Å². The number of carbonyl (C=O) groups excluding carboxylic acids is 3. The minimum absolute atomic E-state index is 0.0639. The molecule has 2 aliphatic heterocycles. The monoisotopic (exact) mass is 408 g/mol. The molecule has 0 aliphatic carbocycles. The molecule has 0 atom stereocenters. The van der Waals surface area contributed by atoms with Gasteiger partial charge in [-0.15, -0.1) is 0 Å². The Hall–Kier alpha value is -3.49. The average molecular weight is 408 g/mol. The van der Waals surface area contributed by atoms with Crippen molar-refractivity contribution in [3.8, 4) is 0 Å². The molecule has 0 radical (unpaired) electrons. The van der Waals surface area contributed by atoms with E-state index in [0.29, 0.717) is 51.8 Å². The number of rotatable bonds is 5. The van der Waals surface area contributed by atoms with Gasteiger partial charge in [-0.3, -0.25) is 14.4 Å². The predicted octanol–water partition coefficient (Wildman–Crippen LogP) is -0.00380. The number of piperazine rings is 2. The molecule has 156 valence electrons. The van der Waals surface area contributed by atoms with Gasteiger partial charge in [-0.1, -0.05) is 30.3 Å². The Morgan fingerprint density at radius 3 is 2.13 bits per heavy atom. The Balaban J connectivity index is 1.28. The molecule has 0 N–H and O–H groups in total. The summed E-state index contributed by atoms with van der Waals surface area (Å²) in [6, 6.07) is 11.3. The van der Waals surface area contributed by atoms with E-state index < -0.39 is 11.8 Å². The molecular weight excluding hydrogens is 384 g/mol. The van der Waals surface area contributed by atoms with E-state index in [1.165, 1.54) is 9.80 Å². The second kappa shape index (κ2) is 8.89. The molecule has 1 aromatic heterocycles. The van der Waals surface area contributed by atoms with Crippen molar-refractivity contribution in [2.45, 2.75) is 6.54 Å². The quantitative estimate of drug-likeness (QED) is 0.647. The third kappa shape index (κ3) is 4.40. The predicted molar refractivity (Wildman–Crippen MR) is 109 cm³/mol. The molecule has 2 saturated heterocycles. The first kappa shape index (κ1) is 19.8. The van der Waals surface area contributed by atoms with Gasteiger partial charge >= 0.3 is 11.8 Å². The van der Waals surface area contributed by atoms with Gasteiger partial charge in [0.15, 0.2) is 0 Å². The maximum Gasteiger partial charge on any atom is 0.312 e. The molecule has 3 amide bonds. The summed E-state index contributed by atoms with van der Waals surface area (Å²) in [6.45, 7) is 3.45. The summed E-state index contributed by atoms with van der Waals surface area (Å²) in [4.78, 5) is 52.8. The first-order chi connectivity index (χ1) is 14.6. The third-order valence-corrected chi connectivity index (χ3v) is 5.41. The normalized spacial score (nSPS) is 17.5. The lowest BCUT2D eigenvalue weighted by Gasteiger charge is -2.37. The summed E-state index contributed by atoms with van der Waals surface area (Å²) in [5, 5.41) is 0. The Kier molecular flexibility index (Phi) is 5.87. The van der Waals surface area contributed by atoms with Gasteiger partial charge < -0.3 is 19.6 Å². The van der Waals surface area contributed by atoms with Crippen LogP contribution in [-0.4, -0.2) is 88.2 Å². The lowest BCUT2D eigenvalue weighted by molar-refractivity contribution is -0.158. The van der Waals surface area contributed by atoms with E-state index in [9.17, 15) is 14.4 Å². The molecule has 2 aliphatic rings. The smallest absolute Gasteiger partial charge is 0.312 e. The lowest BCUT2D eigenvalue weighted by Crippen LogP contribution is -2.57. The van der Waals surface area contributed by atoms with E-state index >= 15 is 0 Å². The molecule has 1 aromatic carbocycles. The van der Waals surface area contributed by atoms with Crippen molar-refractivity contribution in [1.29, 1.82) is 0 Å². The fourth-order valence-electron chi connectivity index (χ4n) is 3.69. The third-order valence-electron chi connectivity index (χ3n) is 5.41. The number of hydrogen-bond acceptors (Lipinski definition) is 6. The van der Waals surface area contributed by atoms with Gasteiger partial charge in [0, 0.05) is 58.2 Å². The van der Waals surface area contributed by atoms with Crippen LogP contribution in [0.15, 0.2) is 48.8 Å². The van der Waals surface area contributed by atoms with E-state index in [-0.39, 0.29) is 12.5 Å². The molecule has 0 spiro atoms. The maximum atomic E-state index is 12.7. The van der Waals surface area contributed by atoms with Gasteiger partial charge in [0.05, 0.1) is 0 Å². The summed E-state index contributed by atoms with van der Waals surface area (Å²) in [6.07, 6.45) is 3.39. The van der Waals surface area contributed by atoms with Crippen molar-refractivity contribution < 1.29 is 14.4 Å². The Labute approximate surface area is 174 Å². The first-order valence-electron chi connectivity index (χ1n) is 10.0. The van der Waals surface area contributed by atoms with Gasteiger partial charge in [0.25, 0.3) is 0 Å². The Morgan fingerprint density at radius 1 is 0.800 bits per heavy atom. The van der Waals surface area contributed by atoms with E-state index in [1.54, 1.807) is 23.4 Å². The van der Waals surface area contributed by atoms with Crippen LogP contribution in [0.2, 0.25) is 0 Å². The Bertz CT molecular complexity index is 899. The number of benzene rings is 1. The van der Waals surface area contributed by atoms with Crippen molar-refractivity contribution >= 4 is 23.7 Å². The van der Waals surface area contributed by atoms with Crippen LogP contribution < -0.4 is 4.90 Å². The van der Waals surface area contributed by atoms with Crippen LogP contribution in [0.1, 0.15) is 5.56 Å². The molecule has 3 heterocycles. The highest BCUT2D eigenvalue weighted by molar-refractivity contribution is 6.35. The molecular formula is C21H24N6O3. The second-order valence-electron chi connectivity index (χ2n) is 7.36. The molecule has 9 nitrogen and oxygen atoms in total. The van der Waals surface area contributed by atoms with Gasteiger partial charge in [0.1, 0.15) is 6.54 Å². The summed E-state index contributed by atoms with van der Waals surface area (Å²) >= 11 is 0. The fourth-order valence-corrected chi connectivity index (χ4v) is 3.69. The summed E-state index contributed by atoms with van der Waals surface area (Å²) < 4.78 is 0. The standard InChI is InChI=1S/C21H24N6O3/c28-18(24-9-11-25(12-10-24)21-22-7-4-8-23-21)16-27-14-13-26(19(29)20(27)30)15-17-5-2-1-3-6-17/h1-8H,9-16H2. The zero-order valence-electron chi connectivity index (χ0n) is 16.7. The number of carbonyl (C=O) groups is 3. The van der Waals surface area contributed by atoms with Gasteiger partial charge in [-0.25, -0.2) is 9.97 Å². The summed E-state index contributed by atoms with van der Waals surface area (Å²) in [5.41, 5.74) is 0.975. The number of nitrogens with zero attached hydrogens (tertiary/aromatic N) is 6. The summed E-state index contributed by atoms with van der Waals surface area (Å²) in [7, 11) is 0. The molecule has 0 unspecified atom stereocenters. The number of amides is 3. The van der Waals surface area contributed by atoms with Crippen LogP contribution in [0.25, 0.3) is 0 Å². The van der Waals surface area contributed by atoms with Crippen molar-refractivity contribution in [3.05, 3.63) is 54.4 Å². The van der Waals surface area contributed by atoms with Crippen molar-refractivity contribution in [3.63, 3.8) is 0 Å². The highest BCUT2D eigenvalue weighted by atomic mass is 16.2. The SMILES string of the molecule is O=C(CN1CCN(Cc2ccccc2)C(=O)C1=O)N1CCN(c2ncccn2)CC1. The number of aromatic nitrogens is 2. The fraction of sp³-hybridized carbons (Fsp3) is 0.381. The van der Waals surface area contributed by atoms with E-state index in [2.05, 4.69) is 9.97 Å². The van der Waals surface area contributed by atoms with Crippen molar-refractivity contribution in [2.75, 3.05) is 50.7 Å². The van der Waals surface area contributed by atoms with E-state index in [4.69, 9.17) is 0 Å². The van der Waals surface area contributed by atoms with E-state index in [1.807, 2.05) is 35.2 Å². The highest BCUT2D eigenvalue weighted by Crippen LogP contribution is 2.13. The molecule has 0 bridgehead atoms. The summed E-state index contributed by atoms with van der Waals surface area (Å²) in [5.74, 6) is -0.646. The minimum Gasteiger partial charge on any atom is -0.338 e. The molecule has 30 heavy (non-hydrogen) atoms. The zero-order valence-corrected chi connectivity index (χ0v) is 16.7. The molecule has 4 rings (SSSR count). The Morgan fingerprint density at radius 2 is 1.43 bits per heavy atom. The largest absolute Gasteiger partial charge is 0.338 e. The molecule has 2 fully saturated rings. The van der Waals surface area contributed by atoms with Crippen LogP contribution in [0.4, 0.5) is 5.95 Å². The lowest BCUT2D eigenvalue weighted by atomic mass is 10.2. The van der Waals surface area contributed by atoms with Gasteiger partial charge in [0.2, 0.25) is 11.9 Å². The molecule has 2 aromatic rings. The molecule has 9 heteroatoms. The zero-order chi connectivity index (χ0) is 20.9. The highest BCUT2D eigenvalue weighted by Gasteiger charge is 2.34. The second-order valence-corrected chi connectivity index (χ2v) is 7.36. The van der Waals surface area contributed by atoms with E-state index in [0.717, 1.165) is 5.56 Å². The van der Waals surface area contributed by atoms with Crippen LogP contribution in [0.3, 0.4) is 0 Å². The van der Waals surface area contributed by atoms with Crippen LogP contribution >= 0.6 is 0 Å². The first-order valence-corrected chi connectivity index (χ1v) is 10.0. The number of hydrogen-bond donors (Lipinski definition) is 0. The van der Waals surface area contributed by atoms with Gasteiger partial charge in [-0.05, 0) is 11.6 Å².